The minimum atomic E-state index is -0.0743. The molecule has 1 saturated carbocycles. The molecule has 1 aliphatic rings. The molecular weight excluding hydrogens is 239 g/mol. The van der Waals surface area contributed by atoms with E-state index in [1.807, 2.05) is 19.2 Å². The summed E-state index contributed by atoms with van der Waals surface area (Å²) >= 11 is 0. The lowest BCUT2D eigenvalue weighted by Crippen LogP contribution is -2.40. The van der Waals surface area contributed by atoms with Crippen molar-refractivity contribution in [3.05, 3.63) is 35.6 Å². The van der Waals surface area contributed by atoms with Gasteiger partial charge in [0.15, 0.2) is 0 Å². The maximum absolute atomic E-state index is 13.6. The highest BCUT2D eigenvalue weighted by atomic mass is 19.1. The van der Waals surface area contributed by atoms with Crippen LogP contribution in [0.4, 0.5) is 4.39 Å². The summed E-state index contributed by atoms with van der Waals surface area (Å²) in [6.07, 6.45) is 5.81. The molecule has 1 fully saturated rings. The number of rotatable bonds is 5. The van der Waals surface area contributed by atoms with Crippen molar-refractivity contribution in [2.24, 2.45) is 0 Å². The van der Waals surface area contributed by atoms with Gasteiger partial charge >= 0.3 is 0 Å². The lowest BCUT2D eigenvalue weighted by Gasteiger charge is -2.34. The van der Waals surface area contributed by atoms with Gasteiger partial charge in [0.05, 0.1) is 0 Å². The van der Waals surface area contributed by atoms with E-state index < -0.39 is 0 Å². The Morgan fingerprint density at radius 2 is 1.89 bits per heavy atom. The Labute approximate surface area is 116 Å². The molecule has 0 aliphatic heterocycles. The third-order valence-electron chi connectivity index (χ3n) is 4.42. The molecule has 1 aromatic rings. The predicted molar refractivity (Wildman–Crippen MR) is 77.8 cm³/mol. The molecule has 0 radical (unpaired) electrons. The van der Waals surface area contributed by atoms with Gasteiger partial charge in [-0.25, -0.2) is 4.39 Å². The average molecular weight is 264 g/mol. The van der Waals surface area contributed by atoms with Gasteiger partial charge in [-0.1, -0.05) is 18.2 Å². The average Bonchev–Trinajstić information content (AvgIpc) is 2.46. The summed E-state index contributed by atoms with van der Waals surface area (Å²) in [5.41, 5.74) is 0.832. The first-order chi connectivity index (χ1) is 9.20. The molecule has 0 atom stereocenters. The highest BCUT2D eigenvalue weighted by Gasteiger charge is 2.22. The van der Waals surface area contributed by atoms with Gasteiger partial charge in [-0.15, -0.1) is 0 Å². The van der Waals surface area contributed by atoms with Crippen molar-refractivity contribution < 1.29 is 4.39 Å². The fraction of sp³-hybridized carbons (Fsp3) is 0.625. The molecule has 0 saturated heterocycles. The largest absolute Gasteiger partial charge is 0.317 e. The molecule has 1 aliphatic carbocycles. The zero-order valence-electron chi connectivity index (χ0n) is 12.0. The second-order valence-corrected chi connectivity index (χ2v) is 5.62. The van der Waals surface area contributed by atoms with Crippen LogP contribution in [0.1, 0.15) is 31.2 Å². The summed E-state index contributed by atoms with van der Waals surface area (Å²) < 4.78 is 13.6. The van der Waals surface area contributed by atoms with Crippen LogP contribution < -0.4 is 5.32 Å². The summed E-state index contributed by atoms with van der Waals surface area (Å²) in [4.78, 5) is 2.40. The SMILES string of the molecule is CNC1CCC(N(C)CCc2ccccc2F)CC1. The smallest absolute Gasteiger partial charge is 0.126 e. The lowest BCUT2D eigenvalue weighted by atomic mass is 9.90. The van der Waals surface area contributed by atoms with Crippen molar-refractivity contribution >= 4 is 0 Å². The van der Waals surface area contributed by atoms with Gasteiger partial charge in [-0.05, 0) is 57.8 Å². The van der Waals surface area contributed by atoms with Crippen LogP contribution in [0, 0.1) is 5.82 Å². The zero-order valence-corrected chi connectivity index (χ0v) is 12.0. The number of hydrogen-bond acceptors (Lipinski definition) is 2. The highest BCUT2D eigenvalue weighted by molar-refractivity contribution is 5.17. The van der Waals surface area contributed by atoms with Gasteiger partial charge in [-0.3, -0.25) is 0 Å². The van der Waals surface area contributed by atoms with E-state index in [4.69, 9.17) is 0 Å². The van der Waals surface area contributed by atoms with Gasteiger partial charge in [0.2, 0.25) is 0 Å². The van der Waals surface area contributed by atoms with Crippen molar-refractivity contribution in [2.45, 2.75) is 44.2 Å². The molecule has 2 rings (SSSR count). The first-order valence-corrected chi connectivity index (χ1v) is 7.31. The fourth-order valence-electron chi connectivity index (χ4n) is 2.99. The van der Waals surface area contributed by atoms with E-state index in [9.17, 15) is 4.39 Å². The van der Waals surface area contributed by atoms with E-state index in [0.717, 1.165) is 18.5 Å². The highest BCUT2D eigenvalue weighted by Crippen LogP contribution is 2.22. The van der Waals surface area contributed by atoms with E-state index >= 15 is 0 Å². The molecule has 0 amide bonds. The molecule has 1 aromatic carbocycles. The Hall–Kier alpha value is -0.930. The number of hydrogen-bond donors (Lipinski definition) is 1. The van der Waals surface area contributed by atoms with Gasteiger partial charge < -0.3 is 10.2 Å². The summed E-state index contributed by atoms with van der Waals surface area (Å²) in [5.74, 6) is -0.0743. The molecule has 2 nitrogen and oxygen atoms in total. The van der Waals surface area contributed by atoms with Crippen molar-refractivity contribution in [3.63, 3.8) is 0 Å². The van der Waals surface area contributed by atoms with Gasteiger partial charge in [0.25, 0.3) is 0 Å². The maximum Gasteiger partial charge on any atom is 0.126 e. The normalized spacial score (nSPS) is 23.8. The number of benzene rings is 1. The van der Waals surface area contributed by atoms with Crippen molar-refractivity contribution in [3.8, 4) is 0 Å². The van der Waals surface area contributed by atoms with E-state index in [-0.39, 0.29) is 5.82 Å². The lowest BCUT2D eigenvalue weighted by molar-refractivity contribution is 0.178. The Morgan fingerprint density at radius 3 is 2.53 bits per heavy atom. The van der Waals surface area contributed by atoms with Crippen LogP contribution in [0.2, 0.25) is 0 Å². The topological polar surface area (TPSA) is 15.3 Å². The molecule has 19 heavy (non-hydrogen) atoms. The van der Waals surface area contributed by atoms with E-state index in [1.165, 1.54) is 25.7 Å². The van der Waals surface area contributed by atoms with Crippen LogP contribution in [0.3, 0.4) is 0 Å². The molecular formula is C16H25FN2. The van der Waals surface area contributed by atoms with Crippen LogP contribution in [0.25, 0.3) is 0 Å². The standard InChI is InChI=1S/C16H25FN2/c1-18-14-7-9-15(10-8-14)19(2)12-11-13-5-3-4-6-16(13)17/h3-6,14-15,18H,7-12H2,1-2H3. The summed E-state index contributed by atoms with van der Waals surface area (Å²) in [5, 5.41) is 3.36. The monoisotopic (exact) mass is 264 g/mol. The van der Waals surface area contributed by atoms with Gasteiger partial charge in [0, 0.05) is 18.6 Å². The number of nitrogens with zero attached hydrogens (tertiary/aromatic N) is 1. The minimum absolute atomic E-state index is 0.0743. The number of likely N-dealkylation sites (N-methyl/N-ethyl adjacent to an activating group) is 1. The predicted octanol–water partition coefficient (Wildman–Crippen LogP) is 2.83. The fourth-order valence-corrected chi connectivity index (χ4v) is 2.99. The second kappa shape index (κ2) is 7.01. The van der Waals surface area contributed by atoms with Crippen molar-refractivity contribution in [2.75, 3.05) is 20.6 Å². The van der Waals surface area contributed by atoms with Crippen LogP contribution in [0.15, 0.2) is 24.3 Å². The quantitative estimate of drug-likeness (QED) is 0.880. The Morgan fingerprint density at radius 1 is 1.21 bits per heavy atom. The molecule has 0 aromatic heterocycles. The first kappa shape index (κ1) is 14.5. The third kappa shape index (κ3) is 4.02. The summed E-state index contributed by atoms with van der Waals surface area (Å²) in [7, 11) is 4.22. The number of nitrogens with one attached hydrogen (secondary N) is 1. The van der Waals surface area contributed by atoms with Gasteiger partial charge in [-0.2, -0.15) is 0 Å². The van der Waals surface area contributed by atoms with Crippen LogP contribution in [-0.2, 0) is 6.42 Å². The van der Waals surface area contributed by atoms with Gasteiger partial charge in [0.1, 0.15) is 5.82 Å². The second-order valence-electron chi connectivity index (χ2n) is 5.62. The molecule has 1 N–H and O–H groups in total. The summed E-state index contributed by atoms with van der Waals surface area (Å²) in [6, 6.07) is 8.46. The van der Waals surface area contributed by atoms with E-state index in [1.54, 1.807) is 12.1 Å². The maximum atomic E-state index is 13.6. The first-order valence-electron chi connectivity index (χ1n) is 7.31. The van der Waals surface area contributed by atoms with Crippen molar-refractivity contribution in [1.29, 1.82) is 0 Å². The summed E-state index contributed by atoms with van der Waals surface area (Å²) in [6.45, 7) is 0.940. The minimum Gasteiger partial charge on any atom is -0.317 e. The Bertz CT molecular complexity index is 386. The molecule has 0 spiro atoms. The van der Waals surface area contributed by atoms with E-state index in [2.05, 4.69) is 17.3 Å². The van der Waals surface area contributed by atoms with Crippen LogP contribution in [-0.4, -0.2) is 37.6 Å². The number of halogens is 1. The molecule has 0 bridgehead atoms. The Kier molecular flexibility index (Phi) is 5.34. The van der Waals surface area contributed by atoms with E-state index in [0.29, 0.717) is 12.1 Å². The zero-order chi connectivity index (χ0) is 13.7. The molecule has 106 valence electrons. The Balaban J connectivity index is 1.79. The van der Waals surface area contributed by atoms with Crippen molar-refractivity contribution in [1.82, 2.24) is 10.2 Å². The molecule has 3 heteroatoms. The third-order valence-corrected chi connectivity index (χ3v) is 4.42. The molecule has 0 heterocycles. The van der Waals surface area contributed by atoms with Crippen LogP contribution >= 0.6 is 0 Å². The molecule has 0 unspecified atom stereocenters. The van der Waals surface area contributed by atoms with Crippen LogP contribution in [0.5, 0.6) is 0 Å².